The highest BCUT2D eigenvalue weighted by atomic mass is 32.2. The van der Waals surface area contributed by atoms with Crippen LogP contribution < -0.4 is 9.03 Å². The molecule has 0 aliphatic carbocycles. The van der Waals surface area contributed by atoms with Crippen molar-refractivity contribution >= 4 is 32.7 Å². The topological polar surface area (TPSA) is 99.6 Å². The lowest BCUT2D eigenvalue weighted by molar-refractivity contribution is 0.0697. The third kappa shape index (κ3) is 2.98. The van der Waals surface area contributed by atoms with Gasteiger partial charge in [-0.1, -0.05) is 6.92 Å². The lowest BCUT2D eigenvalue weighted by Gasteiger charge is -2.18. The largest absolute Gasteiger partial charge is 0.478 e. The first-order valence-electron chi connectivity index (χ1n) is 5.24. The molecule has 1 aromatic heterocycles. The van der Waals surface area contributed by atoms with Crippen LogP contribution in [0.4, 0.5) is 5.00 Å². The van der Waals surface area contributed by atoms with Crippen molar-refractivity contribution in [2.75, 3.05) is 17.9 Å². The van der Waals surface area contributed by atoms with E-state index in [0.717, 1.165) is 15.8 Å². The normalized spacial score (nSPS) is 11.5. The summed E-state index contributed by atoms with van der Waals surface area (Å²) in [5.41, 5.74) is 0.226. The molecule has 1 rings (SSSR count). The number of nitrogens with zero attached hydrogens (tertiary/aromatic N) is 2. The molecule has 0 atom stereocenters. The summed E-state index contributed by atoms with van der Waals surface area (Å²) in [6, 6.07) is 0. The number of rotatable bonds is 6. The number of anilines is 1. The highest BCUT2D eigenvalue weighted by molar-refractivity contribution is 7.91. The maximum Gasteiger partial charge on any atom is 0.340 e. The molecular formula is C9H15N3O4S2. The molecule has 7 nitrogen and oxygen atoms in total. The van der Waals surface area contributed by atoms with Crippen LogP contribution in [0.25, 0.3) is 0 Å². The van der Waals surface area contributed by atoms with Crippen LogP contribution in [0, 0.1) is 6.92 Å². The molecule has 1 heterocycles. The molecule has 0 saturated carbocycles. The Morgan fingerprint density at radius 3 is 2.67 bits per heavy atom. The van der Waals surface area contributed by atoms with Gasteiger partial charge in [-0.05, 0) is 24.9 Å². The molecular weight excluding hydrogens is 278 g/mol. The van der Waals surface area contributed by atoms with Gasteiger partial charge in [-0.2, -0.15) is 17.5 Å². The van der Waals surface area contributed by atoms with E-state index in [0.29, 0.717) is 18.7 Å². The van der Waals surface area contributed by atoms with Crippen molar-refractivity contribution < 1.29 is 18.3 Å². The van der Waals surface area contributed by atoms with E-state index in [1.54, 1.807) is 0 Å². The molecule has 9 heteroatoms. The molecule has 18 heavy (non-hydrogen) atoms. The number of nitrogens with one attached hydrogen (secondary N) is 1. The first kappa shape index (κ1) is 14.9. The van der Waals surface area contributed by atoms with Crippen molar-refractivity contribution in [3.05, 3.63) is 11.3 Å². The Morgan fingerprint density at radius 1 is 1.56 bits per heavy atom. The number of carboxylic acids is 1. The van der Waals surface area contributed by atoms with E-state index >= 15 is 0 Å². The average molecular weight is 293 g/mol. The van der Waals surface area contributed by atoms with Crippen LogP contribution in [0.1, 0.15) is 29.4 Å². The second kappa shape index (κ2) is 5.63. The zero-order valence-corrected chi connectivity index (χ0v) is 11.9. The molecule has 0 saturated heterocycles. The van der Waals surface area contributed by atoms with Gasteiger partial charge in [0.2, 0.25) is 0 Å². The summed E-state index contributed by atoms with van der Waals surface area (Å²) in [4.78, 5) is 11.1. The van der Waals surface area contributed by atoms with Gasteiger partial charge in [0.1, 0.15) is 10.6 Å². The Hall–Kier alpha value is -1.19. The molecule has 1 aromatic rings. The minimum absolute atomic E-state index is 0.0793. The number of hydrogen-bond donors (Lipinski definition) is 2. The fourth-order valence-electron chi connectivity index (χ4n) is 1.26. The van der Waals surface area contributed by atoms with E-state index in [-0.39, 0.29) is 10.6 Å². The average Bonchev–Trinajstić information content (AvgIpc) is 2.67. The first-order chi connectivity index (χ1) is 8.31. The minimum Gasteiger partial charge on any atom is -0.478 e. The van der Waals surface area contributed by atoms with Gasteiger partial charge in [-0.15, -0.1) is 0 Å². The number of aromatic nitrogens is 1. The maximum absolute atomic E-state index is 11.9. The van der Waals surface area contributed by atoms with Gasteiger partial charge in [-0.3, -0.25) is 0 Å². The fourth-order valence-corrected chi connectivity index (χ4v) is 3.37. The van der Waals surface area contributed by atoms with Crippen LogP contribution in [-0.4, -0.2) is 37.5 Å². The van der Waals surface area contributed by atoms with Gasteiger partial charge in [0.05, 0.1) is 5.69 Å². The van der Waals surface area contributed by atoms with E-state index < -0.39 is 16.2 Å². The van der Waals surface area contributed by atoms with Crippen LogP contribution in [0.15, 0.2) is 0 Å². The highest BCUT2D eigenvalue weighted by Crippen LogP contribution is 2.29. The summed E-state index contributed by atoms with van der Waals surface area (Å²) in [7, 11) is -2.42. The van der Waals surface area contributed by atoms with Crippen LogP contribution in [0.2, 0.25) is 0 Å². The van der Waals surface area contributed by atoms with Crippen molar-refractivity contribution in [3.8, 4) is 0 Å². The molecule has 102 valence electrons. The second-order valence-electron chi connectivity index (χ2n) is 3.62. The summed E-state index contributed by atoms with van der Waals surface area (Å²) >= 11 is 0.849. The smallest absolute Gasteiger partial charge is 0.340 e. The number of carbonyl (C=O) groups is 1. The molecule has 0 fully saturated rings. The van der Waals surface area contributed by atoms with Crippen molar-refractivity contribution in [1.29, 1.82) is 0 Å². The Labute approximate surface area is 110 Å². The predicted molar refractivity (Wildman–Crippen MR) is 69.4 cm³/mol. The van der Waals surface area contributed by atoms with Crippen molar-refractivity contribution in [2.45, 2.75) is 20.3 Å². The molecule has 0 amide bonds. The number of aromatic carboxylic acids is 1. The SMILES string of the molecule is CCCNS(=O)(=O)N(C)c1snc(C)c1C(=O)O. The van der Waals surface area contributed by atoms with E-state index in [1.165, 1.54) is 14.0 Å². The standard InChI is InChI=1S/C9H15N3O4S2/c1-4-5-10-18(15,16)12(3)8-7(9(13)14)6(2)11-17-8/h10H,4-5H2,1-3H3,(H,13,14). The van der Waals surface area contributed by atoms with E-state index in [4.69, 9.17) is 5.11 Å². The van der Waals surface area contributed by atoms with Crippen molar-refractivity contribution in [1.82, 2.24) is 9.10 Å². The summed E-state index contributed by atoms with van der Waals surface area (Å²) in [5.74, 6) is -1.19. The maximum atomic E-state index is 11.9. The van der Waals surface area contributed by atoms with E-state index in [1.807, 2.05) is 6.92 Å². The van der Waals surface area contributed by atoms with E-state index in [2.05, 4.69) is 9.10 Å². The Balaban J connectivity index is 3.11. The number of aryl methyl sites for hydroxylation is 1. The zero-order valence-electron chi connectivity index (χ0n) is 10.3. The van der Waals surface area contributed by atoms with Crippen molar-refractivity contribution in [2.24, 2.45) is 0 Å². The molecule has 0 aliphatic rings. The molecule has 0 spiro atoms. The summed E-state index contributed by atoms with van der Waals surface area (Å²) in [5, 5.41) is 9.15. The van der Waals surface area contributed by atoms with Crippen LogP contribution in [0.3, 0.4) is 0 Å². The molecule has 0 unspecified atom stereocenters. The Morgan fingerprint density at radius 2 is 2.17 bits per heavy atom. The zero-order chi connectivity index (χ0) is 13.9. The van der Waals surface area contributed by atoms with Gasteiger partial charge in [-0.25, -0.2) is 9.10 Å². The lowest BCUT2D eigenvalue weighted by Crippen LogP contribution is -2.38. The van der Waals surface area contributed by atoms with Gasteiger partial charge >= 0.3 is 16.2 Å². The quantitative estimate of drug-likeness (QED) is 0.809. The molecule has 0 bridgehead atoms. The minimum atomic E-state index is -3.73. The summed E-state index contributed by atoms with van der Waals surface area (Å²) < 4.78 is 30.9. The number of hydrogen-bond acceptors (Lipinski definition) is 5. The monoisotopic (exact) mass is 293 g/mol. The fraction of sp³-hybridized carbons (Fsp3) is 0.556. The lowest BCUT2D eigenvalue weighted by atomic mass is 10.2. The van der Waals surface area contributed by atoms with Gasteiger partial charge in [0.25, 0.3) is 0 Å². The third-order valence-corrected chi connectivity index (χ3v) is 4.84. The van der Waals surface area contributed by atoms with Crippen molar-refractivity contribution in [3.63, 3.8) is 0 Å². The third-order valence-electron chi connectivity index (χ3n) is 2.24. The summed E-state index contributed by atoms with van der Waals surface area (Å²) in [6.07, 6.45) is 0.653. The molecule has 0 aliphatic heterocycles. The number of carboxylic acid groups (broad SMARTS) is 1. The van der Waals surface area contributed by atoms with Gasteiger partial charge < -0.3 is 5.11 Å². The van der Waals surface area contributed by atoms with Crippen LogP contribution in [0.5, 0.6) is 0 Å². The molecule has 0 radical (unpaired) electrons. The van der Waals surface area contributed by atoms with E-state index in [9.17, 15) is 13.2 Å². The molecule has 0 aromatic carbocycles. The van der Waals surface area contributed by atoms with Gasteiger partial charge in [0, 0.05) is 13.6 Å². The Kier molecular flexibility index (Phi) is 4.65. The Bertz CT molecular complexity index is 538. The highest BCUT2D eigenvalue weighted by Gasteiger charge is 2.26. The predicted octanol–water partition coefficient (Wildman–Crippen LogP) is 0.830. The second-order valence-corrected chi connectivity index (χ2v) is 6.16. The van der Waals surface area contributed by atoms with Crippen LogP contribution in [-0.2, 0) is 10.2 Å². The van der Waals surface area contributed by atoms with Gasteiger partial charge in [0.15, 0.2) is 0 Å². The summed E-state index contributed by atoms with van der Waals surface area (Å²) in [6.45, 7) is 3.66. The van der Waals surface area contributed by atoms with Crippen LogP contribution >= 0.6 is 11.5 Å². The molecule has 2 N–H and O–H groups in total. The first-order valence-corrected chi connectivity index (χ1v) is 7.45.